The average molecular weight is 410 g/mol. The molecule has 3 rings (SSSR count). The van der Waals surface area contributed by atoms with Gasteiger partial charge in [-0.25, -0.2) is 14.4 Å². The summed E-state index contributed by atoms with van der Waals surface area (Å²) < 4.78 is 15.7. The van der Waals surface area contributed by atoms with Crippen molar-refractivity contribution >= 4 is 22.6 Å². The maximum atomic E-state index is 14.0. The number of halogens is 1. The number of hydrogen-bond acceptors (Lipinski definition) is 6. The van der Waals surface area contributed by atoms with E-state index in [1.54, 1.807) is 22.9 Å². The van der Waals surface area contributed by atoms with Crippen LogP contribution < -0.4 is 10.6 Å². The minimum atomic E-state index is -1.60. The molecule has 0 fully saturated rings. The number of aliphatic hydroxyl groups is 1. The first-order valence-electron chi connectivity index (χ1n) is 9.50. The Bertz CT molecular complexity index is 1110. The number of anilines is 1. The average Bonchev–Trinajstić information content (AvgIpc) is 3.14. The number of nitrogens with zero attached hydrogens (tertiary/aromatic N) is 4. The van der Waals surface area contributed by atoms with Crippen molar-refractivity contribution in [2.24, 2.45) is 0 Å². The lowest BCUT2D eigenvalue weighted by Gasteiger charge is -2.22. The Labute approximate surface area is 173 Å². The molecule has 0 radical (unpaired) electrons. The van der Waals surface area contributed by atoms with Crippen molar-refractivity contribution in [2.45, 2.75) is 32.5 Å². The third-order valence-corrected chi connectivity index (χ3v) is 4.61. The van der Waals surface area contributed by atoms with E-state index >= 15 is 0 Å². The van der Waals surface area contributed by atoms with Gasteiger partial charge < -0.3 is 15.7 Å². The first-order chi connectivity index (χ1) is 14.2. The van der Waals surface area contributed by atoms with E-state index in [1.165, 1.54) is 26.2 Å². The Morgan fingerprint density at radius 2 is 2.13 bits per heavy atom. The number of alkyl halides is 1. The van der Waals surface area contributed by atoms with Gasteiger partial charge in [-0.3, -0.25) is 9.36 Å². The van der Waals surface area contributed by atoms with Crippen LogP contribution in [0.15, 0.2) is 36.8 Å². The van der Waals surface area contributed by atoms with Gasteiger partial charge in [-0.05, 0) is 32.9 Å². The number of carbonyl (C=O) groups is 1. The van der Waals surface area contributed by atoms with Crippen molar-refractivity contribution in [3.8, 4) is 11.9 Å². The van der Waals surface area contributed by atoms with Gasteiger partial charge in [0, 0.05) is 36.6 Å². The number of nitriles is 1. The lowest BCUT2D eigenvalue weighted by molar-refractivity contribution is -0.00177. The third-order valence-electron chi connectivity index (χ3n) is 4.61. The van der Waals surface area contributed by atoms with Gasteiger partial charge in [0.25, 0.3) is 5.91 Å². The van der Waals surface area contributed by atoms with Crippen LogP contribution in [0.5, 0.6) is 0 Å². The van der Waals surface area contributed by atoms with E-state index in [9.17, 15) is 14.3 Å². The number of pyridine rings is 2. The number of rotatable bonds is 7. The van der Waals surface area contributed by atoms with Crippen LogP contribution in [0, 0.1) is 11.3 Å². The first-order valence-corrected chi connectivity index (χ1v) is 9.50. The normalized spacial score (nSPS) is 12.4. The quantitative estimate of drug-likeness (QED) is 0.551. The second kappa shape index (κ2) is 8.47. The highest BCUT2D eigenvalue weighted by atomic mass is 19.1. The number of nitrogens with one attached hydrogen (secondary N) is 2. The SMILES string of the molecule is CCNc1cc(-n2ccc3cc(C#N)cnc32)ncc1C(=O)NC[C@@H](F)C(C)(C)O. The summed E-state index contributed by atoms with van der Waals surface area (Å²) in [4.78, 5) is 21.3. The van der Waals surface area contributed by atoms with Crippen molar-refractivity contribution in [3.05, 3.63) is 47.9 Å². The highest BCUT2D eigenvalue weighted by Gasteiger charge is 2.27. The molecule has 0 aliphatic rings. The Kier molecular flexibility index (Phi) is 5.99. The van der Waals surface area contributed by atoms with Gasteiger partial charge in [0.05, 0.1) is 29.0 Å². The largest absolute Gasteiger partial charge is 0.387 e. The monoisotopic (exact) mass is 410 g/mol. The van der Waals surface area contributed by atoms with E-state index in [0.717, 1.165) is 5.39 Å². The molecule has 0 bridgehead atoms. The van der Waals surface area contributed by atoms with E-state index in [0.29, 0.717) is 29.3 Å². The number of hydrogen-bond donors (Lipinski definition) is 3. The van der Waals surface area contributed by atoms with Gasteiger partial charge in [0.1, 0.15) is 23.7 Å². The lowest BCUT2D eigenvalue weighted by atomic mass is 10.0. The smallest absolute Gasteiger partial charge is 0.255 e. The van der Waals surface area contributed by atoms with Crippen LogP contribution in [0.3, 0.4) is 0 Å². The van der Waals surface area contributed by atoms with Crippen molar-refractivity contribution in [3.63, 3.8) is 0 Å². The molecule has 3 aromatic rings. The van der Waals surface area contributed by atoms with Gasteiger partial charge in [-0.1, -0.05) is 0 Å². The molecule has 0 aliphatic carbocycles. The molecule has 0 spiro atoms. The molecule has 3 aromatic heterocycles. The molecular weight excluding hydrogens is 387 g/mol. The fraction of sp³-hybridized carbons (Fsp3) is 0.333. The summed E-state index contributed by atoms with van der Waals surface area (Å²) >= 11 is 0. The maximum absolute atomic E-state index is 14.0. The van der Waals surface area contributed by atoms with Gasteiger partial charge in [0.2, 0.25) is 0 Å². The number of aromatic nitrogens is 3. The van der Waals surface area contributed by atoms with Crippen molar-refractivity contribution in [1.82, 2.24) is 19.9 Å². The molecule has 3 heterocycles. The van der Waals surface area contributed by atoms with Crippen LogP contribution in [0.2, 0.25) is 0 Å². The van der Waals surface area contributed by atoms with Gasteiger partial charge in [0.15, 0.2) is 0 Å². The minimum absolute atomic E-state index is 0.264. The summed E-state index contributed by atoms with van der Waals surface area (Å²) in [5.41, 5.74) is 0.347. The standard InChI is InChI=1S/C21H23FN6O2/c1-4-24-16-8-18(28-6-5-14-7-13(9-23)10-26-19(14)28)25-11-15(16)20(29)27-12-17(22)21(2,3)30/h5-8,10-11,17,30H,4,12H2,1-3H3,(H,24,25)(H,27,29)/t17-/m1/s1. The van der Waals surface area contributed by atoms with E-state index in [4.69, 9.17) is 5.26 Å². The van der Waals surface area contributed by atoms with Crippen LogP contribution in [0.1, 0.15) is 36.7 Å². The van der Waals surface area contributed by atoms with Gasteiger partial charge >= 0.3 is 0 Å². The van der Waals surface area contributed by atoms with Crippen molar-refractivity contribution < 1.29 is 14.3 Å². The van der Waals surface area contributed by atoms with E-state index in [2.05, 4.69) is 26.7 Å². The summed E-state index contributed by atoms with van der Waals surface area (Å²) in [5.74, 6) is 0.0422. The predicted molar refractivity (Wildman–Crippen MR) is 111 cm³/mol. The molecule has 0 aromatic carbocycles. The van der Waals surface area contributed by atoms with E-state index in [1.807, 2.05) is 13.0 Å². The summed E-state index contributed by atoms with van der Waals surface area (Å²) in [6, 6.07) is 7.34. The van der Waals surface area contributed by atoms with Crippen LogP contribution in [0.25, 0.3) is 16.9 Å². The molecular formula is C21H23FN6O2. The molecule has 1 atom stereocenters. The summed E-state index contributed by atoms with van der Waals surface area (Å²) in [6.45, 7) is 4.83. The highest BCUT2D eigenvalue weighted by molar-refractivity contribution is 5.99. The predicted octanol–water partition coefficient (Wildman–Crippen LogP) is 2.56. The second-order valence-electron chi connectivity index (χ2n) is 7.38. The molecule has 30 heavy (non-hydrogen) atoms. The van der Waals surface area contributed by atoms with Crippen molar-refractivity contribution in [2.75, 3.05) is 18.4 Å². The molecule has 1 amide bonds. The van der Waals surface area contributed by atoms with Crippen LogP contribution in [0.4, 0.5) is 10.1 Å². The Morgan fingerprint density at radius 1 is 1.37 bits per heavy atom. The highest BCUT2D eigenvalue weighted by Crippen LogP contribution is 2.23. The fourth-order valence-electron chi connectivity index (χ4n) is 2.89. The van der Waals surface area contributed by atoms with Crippen LogP contribution >= 0.6 is 0 Å². The number of amides is 1. The first kappa shape index (κ1) is 21.2. The molecule has 0 saturated heterocycles. The molecule has 0 unspecified atom stereocenters. The topological polar surface area (TPSA) is 116 Å². The van der Waals surface area contributed by atoms with Gasteiger partial charge in [-0.15, -0.1) is 0 Å². The molecule has 0 saturated carbocycles. The zero-order valence-corrected chi connectivity index (χ0v) is 17.0. The lowest BCUT2D eigenvalue weighted by Crippen LogP contribution is -2.42. The molecule has 8 nitrogen and oxygen atoms in total. The Hall–Kier alpha value is -3.51. The summed E-state index contributed by atoms with van der Waals surface area (Å²) in [7, 11) is 0. The fourth-order valence-corrected chi connectivity index (χ4v) is 2.89. The van der Waals surface area contributed by atoms with E-state index in [-0.39, 0.29) is 12.1 Å². The zero-order valence-electron chi connectivity index (χ0n) is 17.0. The van der Waals surface area contributed by atoms with Crippen molar-refractivity contribution in [1.29, 1.82) is 5.26 Å². The van der Waals surface area contributed by atoms with Crippen LogP contribution in [-0.4, -0.2) is 50.4 Å². The van der Waals surface area contributed by atoms with Gasteiger partial charge in [-0.2, -0.15) is 5.26 Å². The second-order valence-corrected chi connectivity index (χ2v) is 7.38. The summed E-state index contributed by atoms with van der Waals surface area (Å²) in [6.07, 6.45) is 3.08. The molecule has 0 aliphatic heterocycles. The Balaban J connectivity index is 1.90. The molecule has 3 N–H and O–H groups in total. The minimum Gasteiger partial charge on any atom is -0.387 e. The summed E-state index contributed by atoms with van der Waals surface area (Å²) in [5, 5.41) is 25.1. The third kappa shape index (κ3) is 4.39. The Morgan fingerprint density at radius 3 is 2.80 bits per heavy atom. The maximum Gasteiger partial charge on any atom is 0.255 e. The van der Waals surface area contributed by atoms with E-state index < -0.39 is 17.7 Å². The number of carbonyl (C=O) groups excluding carboxylic acids is 1. The molecule has 156 valence electrons. The number of fused-ring (bicyclic) bond motifs is 1. The molecule has 9 heteroatoms. The van der Waals surface area contributed by atoms with Crippen LogP contribution in [-0.2, 0) is 0 Å². The zero-order chi connectivity index (χ0) is 21.9.